The van der Waals surface area contributed by atoms with E-state index in [1.807, 2.05) is 25.6 Å². The van der Waals surface area contributed by atoms with E-state index in [0.717, 1.165) is 27.4 Å². The summed E-state index contributed by atoms with van der Waals surface area (Å²) in [6.07, 6.45) is 4.08. The SMILES string of the molecule is CNc1nc(C2CC2)nc(Sc2nncn2C)c1C. The Morgan fingerprint density at radius 1 is 1.37 bits per heavy atom. The first-order chi connectivity index (χ1) is 9.19. The third-order valence-corrected chi connectivity index (χ3v) is 4.30. The van der Waals surface area contributed by atoms with Gasteiger partial charge < -0.3 is 9.88 Å². The van der Waals surface area contributed by atoms with E-state index < -0.39 is 0 Å². The first-order valence-corrected chi connectivity index (χ1v) is 7.09. The molecule has 0 aliphatic heterocycles. The van der Waals surface area contributed by atoms with Gasteiger partial charge in [-0.2, -0.15) is 0 Å². The number of hydrogen-bond acceptors (Lipinski definition) is 6. The second-order valence-corrected chi connectivity index (χ2v) is 5.67. The number of aryl methyl sites for hydroxylation is 1. The molecule has 0 amide bonds. The first-order valence-electron chi connectivity index (χ1n) is 6.27. The van der Waals surface area contributed by atoms with Crippen molar-refractivity contribution in [3.05, 3.63) is 17.7 Å². The molecule has 0 atom stereocenters. The van der Waals surface area contributed by atoms with Gasteiger partial charge in [-0.15, -0.1) is 10.2 Å². The van der Waals surface area contributed by atoms with Crippen LogP contribution in [-0.2, 0) is 7.05 Å². The number of nitrogens with zero attached hydrogens (tertiary/aromatic N) is 5. The van der Waals surface area contributed by atoms with Crippen LogP contribution in [0.5, 0.6) is 0 Å². The minimum atomic E-state index is 0.534. The van der Waals surface area contributed by atoms with E-state index in [1.165, 1.54) is 24.6 Å². The summed E-state index contributed by atoms with van der Waals surface area (Å²) in [4.78, 5) is 9.28. The maximum Gasteiger partial charge on any atom is 0.197 e. The highest BCUT2D eigenvalue weighted by Crippen LogP contribution is 2.40. The molecule has 0 spiro atoms. The lowest BCUT2D eigenvalue weighted by atomic mass is 10.3. The summed E-state index contributed by atoms with van der Waals surface area (Å²) < 4.78 is 1.89. The maximum absolute atomic E-state index is 4.69. The fraction of sp³-hybridized carbons (Fsp3) is 0.500. The van der Waals surface area contributed by atoms with Gasteiger partial charge in [-0.05, 0) is 31.5 Å². The zero-order valence-corrected chi connectivity index (χ0v) is 12.0. The normalized spacial score (nSPS) is 14.7. The minimum Gasteiger partial charge on any atom is -0.373 e. The summed E-state index contributed by atoms with van der Waals surface area (Å²) in [7, 11) is 3.82. The van der Waals surface area contributed by atoms with Crippen molar-refractivity contribution in [3.8, 4) is 0 Å². The third kappa shape index (κ3) is 2.42. The molecule has 19 heavy (non-hydrogen) atoms. The van der Waals surface area contributed by atoms with Crippen LogP contribution < -0.4 is 5.32 Å². The zero-order chi connectivity index (χ0) is 13.4. The van der Waals surface area contributed by atoms with E-state index in [9.17, 15) is 0 Å². The number of anilines is 1. The standard InChI is InChI=1S/C12H16N6S/c1-7-9(13-2)15-10(8-4-5-8)16-11(7)19-12-17-14-6-18(12)3/h6,8H,4-5H2,1-3H3,(H,13,15,16). The highest BCUT2D eigenvalue weighted by molar-refractivity contribution is 7.99. The highest BCUT2D eigenvalue weighted by Gasteiger charge is 2.28. The smallest absolute Gasteiger partial charge is 0.197 e. The van der Waals surface area contributed by atoms with E-state index >= 15 is 0 Å². The summed E-state index contributed by atoms with van der Waals surface area (Å²) in [6, 6.07) is 0. The molecule has 2 aromatic rings. The molecule has 2 aromatic heterocycles. The summed E-state index contributed by atoms with van der Waals surface area (Å²) >= 11 is 1.53. The van der Waals surface area contributed by atoms with Gasteiger partial charge >= 0.3 is 0 Å². The van der Waals surface area contributed by atoms with E-state index in [0.29, 0.717) is 5.92 Å². The summed E-state index contributed by atoms with van der Waals surface area (Å²) in [5.74, 6) is 2.38. The fourth-order valence-corrected chi connectivity index (χ4v) is 2.67. The number of aromatic nitrogens is 5. The lowest BCUT2D eigenvalue weighted by Gasteiger charge is -2.11. The van der Waals surface area contributed by atoms with Gasteiger partial charge in [-0.25, -0.2) is 9.97 Å². The molecular formula is C12H16N6S. The second kappa shape index (κ2) is 4.80. The third-order valence-electron chi connectivity index (χ3n) is 3.16. The van der Waals surface area contributed by atoms with Crippen molar-refractivity contribution in [2.24, 2.45) is 7.05 Å². The lowest BCUT2D eigenvalue weighted by molar-refractivity contribution is 0.783. The van der Waals surface area contributed by atoms with Crippen molar-refractivity contribution < 1.29 is 0 Å². The van der Waals surface area contributed by atoms with Crippen molar-refractivity contribution in [2.45, 2.75) is 35.9 Å². The Morgan fingerprint density at radius 3 is 2.74 bits per heavy atom. The molecule has 0 saturated heterocycles. The average Bonchev–Trinajstić information content (AvgIpc) is 3.17. The molecule has 6 nitrogen and oxygen atoms in total. The second-order valence-electron chi connectivity index (χ2n) is 4.71. The van der Waals surface area contributed by atoms with Crippen LogP contribution in [0.4, 0.5) is 5.82 Å². The van der Waals surface area contributed by atoms with Gasteiger partial charge in [0.25, 0.3) is 0 Å². The summed E-state index contributed by atoms with van der Waals surface area (Å²) in [6.45, 7) is 2.03. The molecule has 1 fully saturated rings. The molecule has 7 heteroatoms. The first kappa shape index (κ1) is 12.4. The zero-order valence-electron chi connectivity index (χ0n) is 11.2. The Kier molecular flexibility index (Phi) is 3.14. The van der Waals surface area contributed by atoms with Crippen molar-refractivity contribution >= 4 is 17.6 Å². The Hall–Kier alpha value is -1.63. The molecule has 2 heterocycles. The van der Waals surface area contributed by atoms with E-state index in [2.05, 4.69) is 25.5 Å². The van der Waals surface area contributed by atoms with Crippen LogP contribution in [0.1, 0.15) is 30.1 Å². The van der Waals surface area contributed by atoms with Crippen LogP contribution in [0.3, 0.4) is 0 Å². The molecule has 1 aliphatic carbocycles. The number of rotatable bonds is 4. The Balaban J connectivity index is 1.99. The van der Waals surface area contributed by atoms with Crippen LogP contribution >= 0.6 is 11.8 Å². The molecule has 1 aliphatic rings. The van der Waals surface area contributed by atoms with E-state index in [4.69, 9.17) is 0 Å². The average molecular weight is 276 g/mol. The van der Waals surface area contributed by atoms with Gasteiger partial charge in [0.05, 0.1) is 0 Å². The quantitative estimate of drug-likeness (QED) is 0.861. The lowest BCUT2D eigenvalue weighted by Crippen LogP contribution is -2.04. The van der Waals surface area contributed by atoms with Crippen LogP contribution in [0, 0.1) is 6.92 Å². The number of hydrogen-bond donors (Lipinski definition) is 1. The van der Waals surface area contributed by atoms with Gasteiger partial charge in [0.2, 0.25) is 0 Å². The number of nitrogens with one attached hydrogen (secondary N) is 1. The molecular weight excluding hydrogens is 260 g/mol. The van der Waals surface area contributed by atoms with Crippen LogP contribution in [0.25, 0.3) is 0 Å². The Morgan fingerprint density at radius 2 is 2.16 bits per heavy atom. The predicted molar refractivity (Wildman–Crippen MR) is 73.4 cm³/mol. The van der Waals surface area contributed by atoms with E-state index in [-0.39, 0.29) is 0 Å². The van der Waals surface area contributed by atoms with Crippen molar-refractivity contribution in [1.82, 2.24) is 24.7 Å². The highest BCUT2D eigenvalue weighted by atomic mass is 32.2. The molecule has 1 saturated carbocycles. The van der Waals surface area contributed by atoms with Crippen LogP contribution in [0.15, 0.2) is 16.5 Å². The van der Waals surface area contributed by atoms with Crippen molar-refractivity contribution in [2.75, 3.05) is 12.4 Å². The maximum atomic E-state index is 4.69. The van der Waals surface area contributed by atoms with E-state index in [1.54, 1.807) is 6.33 Å². The Bertz CT molecular complexity index is 604. The van der Waals surface area contributed by atoms with Crippen LogP contribution in [0.2, 0.25) is 0 Å². The van der Waals surface area contributed by atoms with Gasteiger partial charge in [0.1, 0.15) is 23.0 Å². The molecule has 100 valence electrons. The predicted octanol–water partition coefficient (Wildman–Crippen LogP) is 1.98. The molecule has 0 aromatic carbocycles. The van der Waals surface area contributed by atoms with Gasteiger partial charge in [-0.1, -0.05) is 0 Å². The molecule has 0 unspecified atom stereocenters. The monoisotopic (exact) mass is 276 g/mol. The minimum absolute atomic E-state index is 0.534. The van der Waals surface area contributed by atoms with Gasteiger partial charge in [0.15, 0.2) is 5.16 Å². The van der Waals surface area contributed by atoms with Crippen molar-refractivity contribution in [3.63, 3.8) is 0 Å². The fourth-order valence-electron chi connectivity index (χ4n) is 1.83. The molecule has 0 radical (unpaired) electrons. The largest absolute Gasteiger partial charge is 0.373 e. The van der Waals surface area contributed by atoms with Crippen molar-refractivity contribution in [1.29, 1.82) is 0 Å². The molecule has 0 bridgehead atoms. The Labute approximate surface area is 116 Å². The molecule has 3 rings (SSSR count). The topological polar surface area (TPSA) is 68.5 Å². The summed E-state index contributed by atoms with van der Waals surface area (Å²) in [5.41, 5.74) is 1.06. The van der Waals surface area contributed by atoms with Gasteiger partial charge in [-0.3, -0.25) is 0 Å². The van der Waals surface area contributed by atoms with Crippen LogP contribution in [-0.4, -0.2) is 31.8 Å². The summed E-state index contributed by atoms with van der Waals surface area (Å²) in [5, 5.41) is 12.9. The van der Waals surface area contributed by atoms with Gasteiger partial charge in [0, 0.05) is 25.6 Å². The molecule has 1 N–H and O–H groups in total.